The Morgan fingerprint density at radius 2 is 0.967 bits per heavy atom. The molecule has 0 aliphatic carbocycles. The summed E-state index contributed by atoms with van der Waals surface area (Å²) in [5.74, 6) is -1.57. The zero-order valence-electron chi connectivity index (χ0n) is 42.4. The number of Topliss-reactive ketones (excluding diaryl/α,β-unsaturated/α-hetero) is 6. The standard InChI is InChI=1S/C53H95NO7/c1-18-38(15)45(30-48(57)40(17)34(7)8)50(59)29-44(36(11)12)47(56)25-24-43(55)27-41(23-21-20-22-32(3)4)49(58)31-46(39(16)19-2)53(61)54-52(37(13)14)51(60)28-42(35(9)10)26-33(5)6/h32-42,44-46,52H,18-31H2,1-17H3,(H,54,61). The molecular weight excluding hydrogens is 763 g/mol. The minimum Gasteiger partial charge on any atom is -0.346 e. The Balaban J connectivity index is 6.15. The smallest absolute Gasteiger partial charge is 0.224 e. The number of hydrogen-bond donors (Lipinski definition) is 1. The van der Waals surface area contributed by atoms with Crippen LogP contribution in [-0.2, 0) is 33.6 Å². The molecule has 8 nitrogen and oxygen atoms in total. The highest BCUT2D eigenvalue weighted by molar-refractivity contribution is 5.96. The maximum absolute atomic E-state index is 14.2. The first-order chi connectivity index (χ1) is 28.3. The Morgan fingerprint density at radius 3 is 1.44 bits per heavy atom. The summed E-state index contributed by atoms with van der Waals surface area (Å²) in [4.78, 5) is 96.4. The van der Waals surface area contributed by atoms with Crippen LogP contribution in [-0.4, -0.2) is 46.6 Å². The van der Waals surface area contributed by atoms with Crippen LogP contribution in [0.3, 0.4) is 0 Å². The number of rotatable bonds is 35. The van der Waals surface area contributed by atoms with Crippen molar-refractivity contribution < 1.29 is 33.6 Å². The molecule has 354 valence electrons. The summed E-state index contributed by atoms with van der Waals surface area (Å²) in [5, 5.41) is 3.09. The lowest BCUT2D eigenvalue weighted by Gasteiger charge is -2.30. The van der Waals surface area contributed by atoms with E-state index in [4.69, 9.17) is 0 Å². The molecule has 61 heavy (non-hydrogen) atoms. The number of carbonyl (C=O) groups is 7. The molecule has 0 aromatic heterocycles. The third-order valence-electron chi connectivity index (χ3n) is 14.1. The predicted molar refractivity (Wildman–Crippen MR) is 252 cm³/mol. The lowest BCUT2D eigenvalue weighted by atomic mass is 9.76. The summed E-state index contributed by atoms with van der Waals surface area (Å²) in [6.07, 6.45) is 6.28. The van der Waals surface area contributed by atoms with Crippen LogP contribution in [0, 0.1) is 82.9 Å². The topological polar surface area (TPSA) is 132 Å². The summed E-state index contributed by atoms with van der Waals surface area (Å²) < 4.78 is 0. The van der Waals surface area contributed by atoms with Gasteiger partial charge in [0, 0.05) is 74.5 Å². The molecule has 0 aliphatic rings. The first-order valence-corrected chi connectivity index (χ1v) is 24.7. The molecule has 0 aromatic carbocycles. The Labute approximate surface area is 374 Å². The first kappa shape index (κ1) is 58.5. The number of unbranched alkanes of at least 4 members (excludes halogenated alkanes) is 1. The van der Waals surface area contributed by atoms with Crippen LogP contribution in [0.15, 0.2) is 0 Å². The second kappa shape index (κ2) is 29.8. The Kier molecular flexibility index (Phi) is 28.6. The maximum Gasteiger partial charge on any atom is 0.224 e. The quantitative estimate of drug-likeness (QED) is 0.0628. The van der Waals surface area contributed by atoms with Crippen molar-refractivity contribution in [2.75, 3.05) is 0 Å². The molecule has 0 heterocycles. The van der Waals surface area contributed by atoms with Gasteiger partial charge in [-0.05, 0) is 66.1 Å². The Morgan fingerprint density at radius 1 is 0.443 bits per heavy atom. The molecule has 0 saturated carbocycles. The minimum absolute atomic E-state index is 0.00210. The second-order valence-corrected chi connectivity index (χ2v) is 21.5. The molecular formula is C53H95NO7. The molecule has 0 saturated heterocycles. The average Bonchev–Trinajstić information content (AvgIpc) is 3.17. The number of ketones is 6. The SMILES string of the molecule is CCC(C)C(CC(=O)C(C)C(C)C)C(=O)CC(C(=O)CCC(=O)CC(CCCCC(C)C)C(=O)CC(C(=O)NC(C(=O)CC(CC(C)C)C(C)C)C(C)C)C(C)CC)C(C)C. The van der Waals surface area contributed by atoms with Crippen molar-refractivity contribution in [3.8, 4) is 0 Å². The van der Waals surface area contributed by atoms with Crippen molar-refractivity contribution in [1.29, 1.82) is 0 Å². The summed E-state index contributed by atoms with van der Waals surface area (Å²) >= 11 is 0. The molecule has 1 N–H and O–H groups in total. The molecule has 0 spiro atoms. The number of carbonyl (C=O) groups excluding carboxylic acids is 7. The van der Waals surface area contributed by atoms with E-state index in [0.717, 1.165) is 32.1 Å². The lowest BCUT2D eigenvalue weighted by Crippen LogP contribution is -2.48. The van der Waals surface area contributed by atoms with E-state index < -0.39 is 29.7 Å². The van der Waals surface area contributed by atoms with E-state index in [9.17, 15) is 33.6 Å². The van der Waals surface area contributed by atoms with Crippen LogP contribution < -0.4 is 5.32 Å². The fourth-order valence-electron chi connectivity index (χ4n) is 8.61. The number of nitrogens with one attached hydrogen (secondary N) is 1. The monoisotopic (exact) mass is 858 g/mol. The molecule has 0 rings (SSSR count). The van der Waals surface area contributed by atoms with Crippen molar-refractivity contribution in [3.05, 3.63) is 0 Å². The molecule has 0 aromatic rings. The Bertz CT molecular complexity index is 1360. The lowest BCUT2D eigenvalue weighted by molar-refractivity contribution is -0.136. The van der Waals surface area contributed by atoms with Gasteiger partial charge in [0.2, 0.25) is 5.91 Å². The molecule has 0 aliphatic heterocycles. The molecule has 0 bridgehead atoms. The number of amides is 1. The van der Waals surface area contributed by atoms with Crippen LogP contribution in [0.25, 0.3) is 0 Å². The summed E-state index contributed by atoms with van der Waals surface area (Å²) in [5.41, 5.74) is 0. The van der Waals surface area contributed by atoms with E-state index in [2.05, 4.69) is 46.9 Å². The highest BCUT2D eigenvalue weighted by Crippen LogP contribution is 2.31. The van der Waals surface area contributed by atoms with Gasteiger partial charge in [0.05, 0.1) is 6.04 Å². The van der Waals surface area contributed by atoms with Gasteiger partial charge in [-0.3, -0.25) is 33.6 Å². The van der Waals surface area contributed by atoms with E-state index in [0.29, 0.717) is 37.0 Å². The third kappa shape index (κ3) is 22.1. The van der Waals surface area contributed by atoms with Crippen LogP contribution >= 0.6 is 0 Å². The van der Waals surface area contributed by atoms with E-state index >= 15 is 0 Å². The van der Waals surface area contributed by atoms with E-state index in [1.54, 1.807) is 0 Å². The van der Waals surface area contributed by atoms with E-state index in [1.807, 2.05) is 76.2 Å². The van der Waals surface area contributed by atoms with Gasteiger partial charge in [0.25, 0.3) is 0 Å². The van der Waals surface area contributed by atoms with Crippen molar-refractivity contribution in [1.82, 2.24) is 5.32 Å². The first-order valence-electron chi connectivity index (χ1n) is 24.7. The summed E-state index contributed by atoms with van der Waals surface area (Å²) in [7, 11) is 0. The van der Waals surface area contributed by atoms with Gasteiger partial charge >= 0.3 is 0 Å². The van der Waals surface area contributed by atoms with Crippen LogP contribution in [0.4, 0.5) is 0 Å². The summed E-state index contributed by atoms with van der Waals surface area (Å²) in [6, 6.07) is -0.643. The summed E-state index contributed by atoms with van der Waals surface area (Å²) in [6.45, 7) is 34.6. The van der Waals surface area contributed by atoms with Gasteiger partial charge in [-0.15, -0.1) is 0 Å². The van der Waals surface area contributed by atoms with Gasteiger partial charge in [-0.1, -0.05) is 150 Å². The van der Waals surface area contributed by atoms with Crippen molar-refractivity contribution in [3.63, 3.8) is 0 Å². The fourth-order valence-corrected chi connectivity index (χ4v) is 8.61. The third-order valence-corrected chi connectivity index (χ3v) is 14.1. The van der Waals surface area contributed by atoms with Crippen LogP contribution in [0.5, 0.6) is 0 Å². The number of hydrogen-bond acceptors (Lipinski definition) is 7. The van der Waals surface area contributed by atoms with E-state index in [-0.39, 0.29) is 121 Å². The molecule has 8 heteroatoms. The molecule has 0 radical (unpaired) electrons. The van der Waals surface area contributed by atoms with Gasteiger partial charge in [0.15, 0.2) is 5.78 Å². The second-order valence-electron chi connectivity index (χ2n) is 21.5. The van der Waals surface area contributed by atoms with Crippen molar-refractivity contribution in [2.24, 2.45) is 82.9 Å². The van der Waals surface area contributed by atoms with Crippen molar-refractivity contribution in [2.45, 2.75) is 214 Å². The molecule has 9 unspecified atom stereocenters. The van der Waals surface area contributed by atoms with Crippen LogP contribution in [0.1, 0.15) is 208 Å². The molecule has 0 fully saturated rings. The fraction of sp³-hybridized carbons (Fsp3) is 0.868. The molecule has 1 amide bonds. The normalized spacial score (nSPS) is 16.6. The highest BCUT2D eigenvalue weighted by Gasteiger charge is 2.36. The zero-order chi connectivity index (χ0) is 47.3. The van der Waals surface area contributed by atoms with Gasteiger partial charge in [0.1, 0.15) is 28.9 Å². The maximum atomic E-state index is 14.2. The zero-order valence-corrected chi connectivity index (χ0v) is 42.4. The van der Waals surface area contributed by atoms with Gasteiger partial charge < -0.3 is 5.32 Å². The average molecular weight is 858 g/mol. The minimum atomic E-state index is -0.643. The largest absolute Gasteiger partial charge is 0.346 e. The predicted octanol–water partition coefficient (Wildman–Crippen LogP) is 12.3. The van der Waals surface area contributed by atoms with Gasteiger partial charge in [-0.25, -0.2) is 0 Å². The highest BCUT2D eigenvalue weighted by atomic mass is 16.2. The van der Waals surface area contributed by atoms with Gasteiger partial charge in [-0.2, -0.15) is 0 Å². The van der Waals surface area contributed by atoms with Crippen molar-refractivity contribution >= 4 is 40.6 Å². The molecule has 9 atom stereocenters. The van der Waals surface area contributed by atoms with Crippen LogP contribution in [0.2, 0.25) is 0 Å². The Hall–Kier alpha value is -2.51. The van der Waals surface area contributed by atoms with E-state index in [1.165, 1.54) is 0 Å².